The summed E-state index contributed by atoms with van der Waals surface area (Å²) in [6.07, 6.45) is 0. The number of amidine groups is 1. The highest BCUT2D eigenvalue weighted by Gasteiger charge is 2.08. The first-order valence-corrected chi connectivity index (χ1v) is 6.41. The van der Waals surface area contributed by atoms with E-state index < -0.39 is 0 Å². The molecule has 0 heterocycles. The van der Waals surface area contributed by atoms with Crippen LogP contribution in [0.2, 0.25) is 0 Å². The number of nitrogen functional groups attached to an aromatic ring is 1. The largest absolute Gasteiger partial charge is 0.384 e. The number of hydrogen-bond donors (Lipinski definition) is 2. The van der Waals surface area contributed by atoms with Crippen LogP contribution in [0.4, 0.5) is 4.39 Å². The van der Waals surface area contributed by atoms with Crippen molar-refractivity contribution in [3.63, 3.8) is 0 Å². The van der Waals surface area contributed by atoms with Gasteiger partial charge in [0.05, 0.1) is 0 Å². The lowest BCUT2D eigenvalue weighted by Gasteiger charge is -2.17. The lowest BCUT2D eigenvalue weighted by Crippen LogP contribution is -2.18. The Hall–Kier alpha value is -2.20. The summed E-state index contributed by atoms with van der Waals surface area (Å²) in [5, 5.41) is 7.29. The molecule has 0 aliphatic carbocycles. The van der Waals surface area contributed by atoms with Gasteiger partial charge >= 0.3 is 0 Å². The molecule has 104 valence electrons. The molecule has 0 atom stereocenters. The zero-order valence-electron chi connectivity index (χ0n) is 11.4. The fraction of sp³-hybridized carbons (Fsp3) is 0.188. The van der Waals surface area contributed by atoms with Crippen LogP contribution in [0, 0.1) is 11.2 Å². The molecule has 3 nitrogen and oxygen atoms in total. The monoisotopic (exact) mass is 271 g/mol. The number of nitrogens with one attached hydrogen (secondary N) is 1. The Morgan fingerprint density at radius 3 is 2.45 bits per heavy atom. The summed E-state index contributed by atoms with van der Waals surface area (Å²) in [4.78, 5) is 2.04. The van der Waals surface area contributed by atoms with Crippen molar-refractivity contribution in [2.24, 2.45) is 5.73 Å². The maximum absolute atomic E-state index is 13.9. The van der Waals surface area contributed by atoms with Gasteiger partial charge in [0.1, 0.15) is 11.7 Å². The maximum Gasteiger partial charge on any atom is 0.128 e. The van der Waals surface area contributed by atoms with Gasteiger partial charge in [-0.2, -0.15) is 0 Å². The molecule has 0 bridgehead atoms. The van der Waals surface area contributed by atoms with Crippen molar-refractivity contribution in [2.45, 2.75) is 13.1 Å². The Balaban J connectivity index is 2.04. The first-order chi connectivity index (χ1) is 9.56. The van der Waals surface area contributed by atoms with Gasteiger partial charge in [-0.1, -0.05) is 42.5 Å². The van der Waals surface area contributed by atoms with Gasteiger partial charge in [0.25, 0.3) is 0 Å². The lowest BCUT2D eigenvalue weighted by atomic mass is 10.1. The summed E-state index contributed by atoms with van der Waals surface area (Å²) in [5.41, 5.74) is 7.55. The summed E-state index contributed by atoms with van der Waals surface area (Å²) < 4.78 is 13.9. The third-order valence-corrected chi connectivity index (χ3v) is 3.10. The van der Waals surface area contributed by atoms with Crippen molar-refractivity contribution in [3.05, 3.63) is 71.0 Å². The predicted octanol–water partition coefficient (Wildman–Crippen LogP) is 2.74. The molecule has 0 radical (unpaired) electrons. The van der Waals surface area contributed by atoms with E-state index in [4.69, 9.17) is 11.1 Å². The van der Waals surface area contributed by atoms with Crippen molar-refractivity contribution in [3.8, 4) is 0 Å². The van der Waals surface area contributed by atoms with E-state index in [2.05, 4.69) is 0 Å². The van der Waals surface area contributed by atoms with E-state index in [0.29, 0.717) is 17.7 Å². The molecule has 20 heavy (non-hydrogen) atoms. The van der Waals surface area contributed by atoms with E-state index in [-0.39, 0.29) is 11.7 Å². The van der Waals surface area contributed by atoms with E-state index in [9.17, 15) is 4.39 Å². The predicted molar refractivity (Wildman–Crippen MR) is 79.0 cm³/mol. The van der Waals surface area contributed by atoms with Crippen LogP contribution in [0.1, 0.15) is 16.7 Å². The smallest absolute Gasteiger partial charge is 0.128 e. The van der Waals surface area contributed by atoms with E-state index >= 15 is 0 Å². The Labute approximate surface area is 118 Å². The molecule has 0 fully saturated rings. The van der Waals surface area contributed by atoms with Gasteiger partial charge in [0.15, 0.2) is 0 Å². The molecular formula is C16H18FN3. The second-order valence-corrected chi connectivity index (χ2v) is 4.88. The number of halogens is 1. The van der Waals surface area contributed by atoms with Gasteiger partial charge in [-0.25, -0.2) is 4.39 Å². The average molecular weight is 271 g/mol. The van der Waals surface area contributed by atoms with E-state index in [1.165, 1.54) is 11.6 Å². The molecule has 0 saturated carbocycles. The zero-order valence-corrected chi connectivity index (χ0v) is 11.4. The van der Waals surface area contributed by atoms with Crippen molar-refractivity contribution < 1.29 is 4.39 Å². The summed E-state index contributed by atoms with van der Waals surface area (Å²) >= 11 is 0. The Bertz CT molecular complexity index is 596. The topological polar surface area (TPSA) is 53.1 Å². The highest BCUT2D eigenvalue weighted by Crippen LogP contribution is 2.13. The Morgan fingerprint density at radius 1 is 1.15 bits per heavy atom. The van der Waals surface area contributed by atoms with Gasteiger partial charge in [-0.3, -0.25) is 10.3 Å². The van der Waals surface area contributed by atoms with Crippen LogP contribution >= 0.6 is 0 Å². The standard InChI is InChI=1S/C16H18FN3/c1-20(10-12-5-3-2-4-6-12)11-14-8-7-13(16(18)19)9-15(14)17/h2-9H,10-11H2,1H3,(H3,18,19). The minimum atomic E-state index is -0.322. The minimum Gasteiger partial charge on any atom is -0.384 e. The van der Waals surface area contributed by atoms with Crippen LogP contribution < -0.4 is 5.73 Å². The fourth-order valence-corrected chi connectivity index (χ4v) is 2.08. The molecular weight excluding hydrogens is 253 g/mol. The molecule has 0 aromatic heterocycles. The van der Waals surface area contributed by atoms with Crippen LogP contribution in [0.15, 0.2) is 48.5 Å². The van der Waals surface area contributed by atoms with Gasteiger partial charge in [-0.05, 0) is 18.7 Å². The normalized spacial score (nSPS) is 10.8. The molecule has 4 heteroatoms. The number of benzene rings is 2. The average Bonchev–Trinajstić information content (AvgIpc) is 2.42. The second kappa shape index (κ2) is 6.30. The number of hydrogen-bond acceptors (Lipinski definition) is 2. The van der Waals surface area contributed by atoms with E-state index in [0.717, 1.165) is 6.54 Å². The molecule has 0 amide bonds. The number of nitrogens with two attached hydrogens (primary N) is 1. The van der Waals surface area contributed by atoms with E-state index in [1.54, 1.807) is 12.1 Å². The molecule has 0 aliphatic rings. The van der Waals surface area contributed by atoms with Crippen molar-refractivity contribution >= 4 is 5.84 Å². The van der Waals surface area contributed by atoms with E-state index in [1.807, 2.05) is 42.3 Å². The maximum atomic E-state index is 13.9. The van der Waals surface area contributed by atoms with Crippen LogP contribution in [-0.4, -0.2) is 17.8 Å². The molecule has 3 N–H and O–H groups in total. The van der Waals surface area contributed by atoms with Crippen LogP contribution in [0.3, 0.4) is 0 Å². The summed E-state index contributed by atoms with van der Waals surface area (Å²) in [5.74, 6) is -0.439. The van der Waals surface area contributed by atoms with Crippen LogP contribution in [0.25, 0.3) is 0 Å². The van der Waals surface area contributed by atoms with Crippen molar-refractivity contribution in [1.29, 1.82) is 5.41 Å². The van der Waals surface area contributed by atoms with Crippen molar-refractivity contribution in [1.82, 2.24) is 4.90 Å². The second-order valence-electron chi connectivity index (χ2n) is 4.88. The van der Waals surface area contributed by atoms with Gasteiger partial charge in [0, 0.05) is 24.2 Å². The zero-order chi connectivity index (χ0) is 14.5. The van der Waals surface area contributed by atoms with Gasteiger partial charge in [0.2, 0.25) is 0 Å². The third-order valence-electron chi connectivity index (χ3n) is 3.10. The van der Waals surface area contributed by atoms with Crippen LogP contribution in [-0.2, 0) is 13.1 Å². The highest BCUT2D eigenvalue weighted by atomic mass is 19.1. The number of rotatable bonds is 5. The highest BCUT2D eigenvalue weighted by molar-refractivity contribution is 5.94. The summed E-state index contributed by atoms with van der Waals surface area (Å²) in [7, 11) is 1.95. The van der Waals surface area contributed by atoms with Gasteiger partial charge in [-0.15, -0.1) is 0 Å². The van der Waals surface area contributed by atoms with Gasteiger partial charge < -0.3 is 5.73 Å². The van der Waals surface area contributed by atoms with Crippen molar-refractivity contribution in [2.75, 3.05) is 7.05 Å². The number of nitrogens with zero attached hydrogens (tertiary/aromatic N) is 1. The first-order valence-electron chi connectivity index (χ1n) is 6.41. The molecule has 2 aromatic rings. The van der Waals surface area contributed by atoms with Crippen LogP contribution in [0.5, 0.6) is 0 Å². The SMILES string of the molecule is CN(Cc1ccccc1)Cc1ccc(C(=N)N)cc1F. The Morgan fingerprint density at radius 2 is 1.85 bits per heavy atom. The molecule has 0 saturated heterocycles. The third kappa shape index (κ3) is 3.65. The quantitative estimate of drug-likeness (QED) is 0.649. The molecule has 0 spiro atoms. The minimum absolute atomic E-state index is 0.118. The Kier molecular flexibility index (Phi) is 4.48. The summed E-state index contributed by atoms with van der Waals surface area (Å²) in [6.45, 7) is 1.27. The molecule has 2 rings (SSSR count). The fourth-order valence-electron chi connectivity index (χ4n) is 2.08. The molecule has 0 unspecified atom stereocenters. The summed E-state index contributed by atoms with van der Waals surface area (Å²) in [6, 6.07) is 14.7. The molecule has 2 aromatic carbocycles. The lowest BCUT2D eigenvalue weighted by molar-refractivity contribution is 0.313. The molecule has 0 aliphatic heterocycles. The first kappa shape index (κ1) is 14.2.